The molecule has 0 amide bonds. The van der Waals surface area contributed by atoms with E-state index >= 15 is 0 Å². The van der Waals surface area contributed by atoms with Crippen LogP contribution in [0.3, 0.4) is 0 Å². The zero-order valence-electron chi connectivity index (χ0n) is 29.9. The van der Waals surface area contributed by atoms with Crippen LogP contribution in [0.2, 0.25) is 10.0 Å². The van der Waals surface area contributed by atoms with Crippen LogP contribution in [0.25, 0.3) is 0 Å². The highest BCUT2D eigenvalue weighted by Gasteiger charge is 2.21. The SMILES string of the molecule is CC(=O)Oc1cc(Cl)c2cc1C/C=C(/Cl)Cc1cc(C)c(c(OC(C)=O)c1)Oc1cc(c(C)cc1Cl)C/C=C(/Cl)Cc1cc(C)cc(OC(C)=O)c1O2. The molecule has 0 saturated heterocycles. The molecule has 2 aliphatic heterocycles. The summed E-state index contributed by atoms with van der Waals surface area (Å²) >= 11 is 27.1. The van der Waals surface area contributed by atoms with Crippen molar-refractivity contribution in [3.05, 3.63) is 120 Å². The number of aryl methyl sites for hydroxylation is 3. The van der Waals surface area contributed by atoms with E-state index in [0.717, 1.165) is 22.3 Å². The van der Waals surface area contributed by atoms with Gasteiger partial charge in [-0.2, -0.15) is 0 Å². The molecule has 6 rings (SSSR count). The molecule has 2 aliphatic rings. The van der Waals surface area contributed by atoms with Gasteiger partial charge in [-0.25, -0.2) is 0 Å². The second-order valence-electron chi connectivity index (χ2n) is 12.6. The summed E-state index contributed by atoms with van der Waals surface area (Å²) in [5, 5.41) is 1.44. The van der Waals surface area contributed by atoms with Gasteiger partial charge in [0, 0.05) is 60.9 Å². The lowest BCUT2D eigenvalue weighted by Crippen LogP contribution is -2.07. The fourth-order valence-electron chi connectivity index (χ4n) is 5.81. The van der Waals surface area contributed by atoms with E-state index in [0.29, 0.717) is 49.7 Å². The van der Waals surface area contributed by atoms with Crippen LogP contribution < -0.4 is 23.7 Å². The molecule has 6 bridgehead atoms. The minimum Gasteiger partial charge on any atom is -0.452 e. The highest BCUT2D eigenvalue weighted by Crippen LogP contribution is 2.44. The lowest BCUT2D eigenvalue weighted by atomic mass is 10.0. The molecule has 0 aromatic heterocycles. The Balaban J connectivity index is 1.70. The third-order valence-corrected chi connectivity index (χ3v) is 9.25. The first-order valence-electron chi connectivity index (χ1n) is 16.5. The van der Waals surface area contributed by atoms with E-state index < -0.39 is 17.9 Å². The Morgan fingerprint density at radius 3 is 1.72 bits per heavy atom. The van der Waals surface area contributed by atoms with Crippen molar-refractivity contribution in [3.63, 3.8) is 0 Å². The predicted molar refractivity (Wildman–Crippen MR) is 207 cm³/mol. The molecule has 12 heteroatoms. The highest BCUT2D eigenvalue weighted by molar-refractivity contribution is 6.32. The molecular formula is C41H36Cl4O8. The Kier molecular flexibility index (Phi) is 12.8. The number of allylic oxidation sites excluding steroid dienone is 4. The summed E-state index contributed by atoms with van der Waals surface area (Å²) in [6, 6.07) is 13.9. The number of fused-ring (bicyclic) bond motifs is 6. The van der Waals surface area contributed by atoms with Gasteiger partial charge in [0.1, 0.15) is 17.2 Å². The van der Waals surface area contributed by atoms with Crippen molar-refractivity contribution in [1.29, 1.82) is 0 Å². The van der Waals surface area contributed by atoms with Crippen molar-refractivity contribution >= 4 is 64.3 Å². The van der Waals surface area contributed by atoms with E-state index in [4.69, 9.17) is 70.1 Å². The molecule has 0 radical (unpaired) electrons. The standard InChI is InChI=1S/C41H36Cl4O8/c1-21-11-30-17-32(43)9-7-28-18-36(33(44)14-22(28)2)52-40-23(3)13-27(16-39(40)51-26(6)48)15-31(42)10-8-29-19-37(34(45)20-35(29)49-24(4)46)53-41(30)38(12-21)50-25(5)47/h9-14,16,18-20H,7-8,15,17H2,1-6H3/b31-10+,32-9+. The van der Waals surface area contributed by atoms with E-state index in [2.05, 4.69) is 0 Å². The van der Waals surface area contributed by atoms with E-state index in [9.17, 15) is 14.4 Å². The van der Waals surface area contributed by atoms with Crippen LogP contribution in [-0.2, 0) is 40.1 Å². The van der Waals surface area contributed by atoms with Gasteiger partial charge in [0.2, 0.25) is 0 Å². The first-order chi connectivity index (χ1) is 25.1. The van der Waals surface area contributed by atoms with Crippen LogP contribution in [0.4, 0.5) is 0 Å². The molecule has 4 aromatic carbocycles. The third-order valence-electron chi connectivity index (χ3n) is 8.09. The summed E-state index contributed by atoms with van der Waals surface area (Å²) in [6.45, 7) is 9.52. The number of hydrogen-bond donors (Lipinski definition) is 0. The summed E-state index contributed by atoms with van der Waals surface area (Å²) in [7, 11) is 0. The number of halogens is 4. The summed E-state index contributed by atoms with van der Waals surface area (Å²) in [5.74, 6) is 0.128. The normalized spacial score (nSPS) is 15.1. The van der Waals surface area contributed by atoms with Gasteiger partial charge in [0.15, 0.2) is 23.0 Å². The molecule has 0 atom stereocenters. The number of benzene rings is 4. The maximum Gasteiger partial charge on any atom is 0.308 e. The Labute approximate surface area is 328 Å². The molecule has 0 unspecified atom stereocenters. The molecule has 8 nitrogen and oxygen atoms in total. The minimum atomic E-state index is -0.544. The van der Waals surface area contributed by atoms with Gasteiger partial charge < -0.3 is 23.7 Å². The van der Waals surface area contributed by atoms with Crippen LogP contribution >= 0.6 is 46.4 Å². The smallest absolute Gasteiger partial charge is 0.308 e. The van der Waals surface area contributed by atoms with Gasteiger partial charge in [-0.05, 0) is 91.8 Å². The number of ether oxygens (including phenoxy) is 5. The molecule has 0 fully saturated rings. The monoisotopic (exact) mass is 796 g/mol. The van der Waals surface area contributed by atoms with Crippen LogP contribution in [0.1, 0.15) is 59.7 Å². The average Bonchev–Trinajstić information content (AvgIpc) is 3.03. The number of rotatable bonds is 3. The summed E-state index contributed by atoms with van der Waals surface area (Å²) in [5.41, 5.74) is 5.19. The first-order valence-corrected chi connectivity index (χ1v) is 18.1. The molecule has 53 heavy (non-hydrogen) atoms. The fourth-order valence-corrected chi connectivity index (χ4v) is 6.71. The number of esters is 3. The Morgan fingerprint density at radius 1 is 0.547 bits per heavy atom. The van der Waals surface area contributed by atoms with Gasteiger partial charge in [0.25, 0.3) is 0 Å². The molecule has 276 valence electrons. The molecule has 0 N–H and O–H groups in total. The second kappa shape index (κ2) is 17.1. The topological polar surface area (TPSA) is 97.4 Å². The van der Waals surface area contributed by atoms with Crippen molar-refractivity contribution in [2.75, 3.05) is 0 Å². The van der Waals surface area contributed by atoms with Crippen molar-refractivity contribution in [1.82, 2.24) is 0 Å². The molecule has 4 aromatic rings. The minimum absolute atomic E-state index is 0.140. The Hall–Kier alpha value is -4.47. The van der Waals surface area contributed by atoms with Crippen molar-refractivity contribution in [3.8, 4) is 40.2 Å². The van der Waals surface area contributed by atoms with E-state index in [1.54, 1.807) is 30.3 Å². The number of hydrogen-bond acceptors (Lipinski definition) is 8. The van der Waals surface area contributed by atoms with Crippen LogP contribution in [0.15, 0.2) is 70.7 Å². The zero-order chi connectivity index (χ0) is 38.6. The maximum atomic E-state index is 12.2. The quantitative estimate of drug-likeness (QED) is 0.149. The van der Waals surface area contributed by atoms with Gasteiger partial charge in [-0.15, -0.1) is 0 Å². The van der Waals surface area contributed by atoms with Crippen LogP contribution in [-0.4, -0.2) is 17.9 Å². The molecule has 0 spiro atoms. The van der Waals surface area contributed by atoms with E-state index in [1.807, 2.05) is 45.0 Å². The van der Waals surface area contributed by atoms with Crippen molar-refractivity contribution in [2.45, 2.75) is 67.2 Å². The van der Waals surface area contributed by atoms with Gasteiger partial charge >= 0.3 is 17.9 Å². The van der Waals surface area contributed by atoms with Gasteiger partial charge in [-0.3, -0.25) is 14.4 Å². The highest BCUT2D eigenvalue weighted by atomic mass is 35.5. The predicted octanol–water partition coefficient (Wildman–Crippen LogP) is 11.4. The van der Waals surface area contributed by atoms with Gasteiger partial charge in [0.05, 0.1) is 10.0 Å². The van der Waals surface area contributed by atoms with E-state index in [-0.39, 0.29) is 53.0 Å². The number of carbonyl (C=O) groups excluding carboxylic acids is 3. The molecule has 2 heterocycles. The van der Waals surface area contributed by atoms with Crippen molar-refractivity contribution < 1.29 is 38.1 Å². The van der Waals surface area contributed by atoms with Crippen LogP contribution in [0, 0.1) is 20.8 Å². The fraction of sp³-hybridized carbons (Fsp3) is 0.244. The Morgan fingerprint density at radius 2 is 1.08 bits per heavy atom. The lowest BCUT2D eigenvalue weighted by molar-refractivity contribution is -0.132. The molecule has 0 aliphatic carbocycles. The first kappa shape index (κ1) is 39.7. The summed E-state index contributed by atoms with van der Waals surface area (Å²) in [4.78, 5) is 36.4. The van der Waals surface area contributed by atoms with Crippen LogP contribution in [0.5, 0.6) is 40.2 Å². The summed E-state index contributed by atoms with van der Waals surface area (Å²) in [6.07, 6.45) is 4.76. The molecule has 0 saturated carbocycles. The largest absolute Gasteiger partial charge is 0.452 e. The second-order valence-corrected chi connectivity index (χ2v) is 14.4. The Bertz CT molecular complexity index is 2190. The average molecular weight is 799 g/mol. The third kappa shape index (κ3) is 10.4. The number of carbonyl (C=O) groups is 3. The van der Waals surface area contributed by atoms with Crippen molar-refractivity contribution in [2.24, 2.45) is 0 Å². The zero-order valence-corrected chi connectivity index (χ0v) is 32.9. The lowest BCUT2D eigenvalue weighted by Gasteiger charge is -2.19. The summed E-state index contributed by atoms with van der Waals surface area (Å²) < 4.78 is 29.5. The molecular weight excluding hydrogens is 762 g/mol. The van der Waals surface area contributed by atoms with E-state index in [1.165, 1.54) is 26.8 Å². The van der Waals surface area contributed by atoms with Gasteiger partial charge in [-0.1, -0.05) is 70.7 Å². The maximum absolute atomic E-state index is 12.2.